The summed E-state index contributed by atoms with van der Waals surface area (Å²) in [7, 11) is 0. The monoisotopic (exact) mass is 240 g/mol. The molecular weight excluding hydrogens is 208 g/mol. The highest BCUT2D eigenvalue weighted by Crippen LogP contribution is 2.28. The summed E-state index contributed by atoms with van der Waals surface area (Å²) in [5, 5.41) is 3.66. The van der Waals surface area contributed by atoms with Gasteiger partial charge >= 0.3 is 0 Å². The minimum Gasteiger partial charge on any atom is -0.313 e. The molecule has 0 aromatic rings. The highest BCUT2D eigenvalue weighted by atomic mass is 15.1. The fourth-order valence-corrected chi connectivity index (χ4v) is 2.97. The second-order valence-corrected chi connectivity index (χ2v) is 5.63. The second-order valence-electron chi connectivity index (χ2n) is 5.63. The zero-order valence-corrected chi connectivity index (χ0v) is 12.2. The van der Waals surface area contributed by atoms with E-state index < -0.39 is 0 Å². The molecule has 0 saturated heterocycles. The average molecular weight is 240 g/mol. The molecule has 0 bridgehead atoms. The largest absolute Gasteiger partial charge is 0.313 e. The van der Waals surface area contributed by atoms with Crippen LogP contribution >= 0.6 is 0 Å². The number of nitrogens with zero attached hydrogens (tertiary/aromatic N) is 1. The van der Waals surface area contributed by atoms with Crippen molar-refractivity contribution in [3.8, 4) is 0 Å². The van der Waals surface area contributed by atoms with Crippen LogP contribution in [0.25, 0.3) is 0 Å². The molecule has 1 saturated carbocycles. The normalized spacial score (nSPS) is 19.1. The first-order valence-electron chi connectivity index (χ1n) is 7.72. The van der Waals surface area contributed by atoms with Gasteiger partial charge in [0.25, 0.3) is 0 Å². The summed E-state index contributed by atoms with van der Waals surface area (Å²) in [6, 6.07) is 0.637. The molecule has 2 nitrogen and oxygen atoms in total. The van der Waals surface area contributed by atoms with Crippen molar-refractivity contribution in [2.75, 3.05) is 26.2 Å². The highest BCUT2D eigenvalue weighted by Gasteiger charge is 2.14. The molecule has 1 aliphatic rings. The second kappa shape index (κ2) is 8.93. The lowest BCUT2D eigenvalue weighted by Crippen LogP contribution is -2.39. The molecule has 1 aliphatic carbocycles. The van der Waals surface area contributed by atoms with Crippen LogP contribution in [0.4, 0.5) is 0 Å². The minimum absolute atomic E-state index is 0.637. The first kappa shape index (κ1) is 15.0. The Morgan fingerprint density at radius 3 is 2.41 bits per heavy atom. The quantitative estimate of drug-likeness (QED) is 0.622. The molecule has 1 atom stereocenters. The number of rotatable bonds is 9. The third-order valence-electron chi connectivity index (χ3n) is 4.18. The van der Waals surface area contributed by atoms with Gasteiger partial charge in [0, 0.05) is 12.6 Å². The molecule has 2 heteroatoms. The molecule has 1 rings (SSSR count). The summed E-state index contributed by atoms with van der Waals surface area (Å²) >= 11 is 0. The molecule has 0 spiro atoms. The maximum Gasteiger partial charge on any atom is 0.0166 e. The first-order valence-corrected chi connectivity index (χ1v) is 7.72. The Kier molecular flexibility index (Phi) is 7.87. The smallest absolute Gasteiger partial charge is 0.0166 e. The van der Waals surface area contributed by atoms with Gasteiger partial charge < -0.3 is 10.2 Å². The van der Waals surface area contributed by atoms with Gasteiger partial charge in [-0.05, 0) is 45.3 Å². The standard InChI is InChI=1S/C15H32N2/c1-4-17(5-2)13-14(3)16-12-8-11-15-9-6-7-10-15/h14-16H,4-13H2,1-3H3. The average Bonchev–Trinajstić information content (AvgIpc) is 2.84. The highest BCUT2D eigenvalue weighted by molar-refractivity contribution is 4.69. The molecule has 0 heterocycles. The number of nitrogens with one attached hydrogen (secondary N) is 1. The summed E-state index contributed by atoms with van der Waals surface area (Å²) in [6.07, 6.45) is 8.77. The molecule has 1 N–H and O–H groups in total. The van der Waals surface area contributed by atoms with Crippen LogP contribution < -0.4 is 5.32 Å². The molecule has 0 aromatic carbocycles. The van der Waals surface area contributed by atoms with Crippen molar-refractivity contribution < 1.29 is 0 Å². The Bertz CT molecular complexity index is 172. The maximum atomic E-state index is 3.66. The Labute approximate surface area is 108 Å². The lowest BCUT2D eigenvalue weighted by Gasteiger charge is -2.23. The van der Waals surface area contributed by atoms with Gasteiger partial charge in [-0.3, -0.25) is 0 Å². The van der Waals surface area contributed by atoms with E-state index in [0.717, 1.165) is 5.92 Å². The Morgan fingerprint density at radius 2 is 1.82 bits per heavy atom. The van der Waals surface area contributed by atoms with Crippen LogP contribution in [0.15, 0.2) is 0 Å². The Balaban J connectivity index is 1.97. The molecule has 1 fully saturated rings. The van der Waals surface area contributed by atoms with Gasteiger partial charge in [0.05, 0.1) is 0 Å². The minimum atomic E-state index is 0.637. The lowest BCUT2D eigenvalue weighted by atomic mass is 10.0. The molecule has 0 amide bonds. The van der Waals surface area contributed by atoms with Crippen LogP contribution in [0.1, 0.15) is 59.3 Å². The van der Waals surface area contributed by atoms with Gasteiger partial charge in [0.1, 0.15) is 0 Å². The van der Waals surface area contributed by atoms with E-state index in [9.17, 15) is 0 Å². The first-order chi connectivity index (χ1) is 8.26. The Morgan fingerprint density at radius 1 is 1.18 bits per heavy atom. The molecular formula is C15H32N2. The topological polar surface area (TPSA) is 15.3 Å². The van der Waals surface area contributed by atoms with E-state index in [4.69, 9.17) is 0 Å². The lowest BCUT2D eigenvalue weighted by molar-refractivity contribution is 0.270. The van der Waals surface area contributed by atoms with Crippen molar-refractivity contribution in [2.45, 2.75) is 65.3 Å². The molecule has 17 heavy (non-hydrogen) atoms. The Hall–Kier alpha value is -0.0800. The fraction of sp³-hybridized carbons (Fsp3) is 1.00. The number of hydrogen-bond acceptors (Lipinski definition) is 2. The van der Waals surface area contributed by atoms with Gasteiger partial charge in [0.15, 0.2) is 0 Å². The van der Waals surface area contributed by atoms with E-state index in [0.29, 0.717) is 6.04 Å². The maximum absolute atomic E-state index is 3.66. The predicted octanol–water partition coefficient (Wildman–Crippen LogP) is 3.28. The molecule has 0 aromatic heterocycles. The van der Waals surface area contributed by atoms with Crippen molar-refractivity contribution in [3.63, 3.8) is 0 Å². The van der Waals surface area contributed by atoms with Crippen molar-refractivity contribution in [3.05, 3.63) is 0 Å². The van der Waals surface area contributed by atoms with Gasteiger partial charge in [-0.1, -0.05) is 39.5 Å². The van der Waals surface area contributed by atoms with Crippen molar-refractivity contribution in [2.24, 2.45) is 5.92 Å². The zero-order chi connectivity index (χ0) is 12.5. The van der Waals surface area contributed by atoms with Crippen molar-refractivity contribution in [1.82, 2.24) is 10.2 Å². The SMILES string of the molecule is CCN(CC)CC(C)NCCCC1CCCC1. The summed E-state index contributed by atoms with van der Waals surface area (Å²) in [5.41, 5.74) is 0. The summed E-state index contributed by atoms with van der Waals surface area (Å²) in [6.45, 7) is 11.5. The van der Waals surface area contributed by atoms with E-state index in [1.807, 2.05) is 0 Å². The van der Waals surface area contributed by atoms with E-state index in [1.165, 1.54) is 64.7 Å². The fourth-order valence-electron chi connectivity index (χ4n) is 2.97. The van der Waals surface area contributed by atoms with Gasteiger partial charge in [-0.2, -0.15) is 0 Å². The van der Waals surface area contributed by atoms with Crippen LogP contribution in [0, 0.1) is 5.92 Å². The van der Waals surface area contributed by atoms with Crippen LogP contribution in [-0.4, -0.2) is 37.1 Å². The third-order valence-corrected chi connectivity index (χ3v) is 4.18. The molecule has 0 radical (unpaired) electrons. The molecule has 1 unspecified atom stereocenters. The van der Waals surface area contributed by atoms with E-state index in [-0.39, 0.29) is 0 Å². The van der Waals surface area contributed by atoms with Crippen LogP contribution in [0.3, 0.4) is 0 Å². The van der Waals surface area contributed by atoms with Gasteiger partial charge in [0.2, 0.25) is 0 Å². The zero-order valence-electron chi connectivity index (χ0n) is 12.2. The summed E-state index contributed by atoms with van der Waals surface area (Å²) < 4.78 is 0. The molecule has 0 aliphatic heterocycles. The van der Waals surface area contributed by atoms with E-state index in [1.54, 1.807) is 0 Å². The number of likely N-dealkylation sites (N-methyl/N-ethyl adjacent to an activating group) is 1. The predicted molar refractivity (Wildman–Crippen MR) is 76.4 cm³/mol. The van der Waals surface area contributed by atoms with E-state index >= 15 is 0 Å². The molecule has 102 valence electrons. The third kappa shape index (κ3) is 6.42. The van der Waals surface area contributed by atoms with Crippen LogP contribution in [-0.2, 0) is 0 Å². The van der Waals surface area contributed by atoms with E-state index in [2.05, 4.69) is 31.0 Å². The van der Waals surface area contributed by atoms with Gasteiger partial charge in [-0.25, -0.2) is 0 Å². The van der Waals surface area contributed by atoms with Gasteiger partial charge in [-0.15, -0.1) is 0 Å². The van der Waals surface area contributed by atoms with Crippen LogP contribution in [0.2, 0.25) is 0 Å². The van der Waals surface area contributed by atoms with Crippen LogP contribution in [0.5, 0.6) is 0 Å². The summed E-state index contributed by atoms with van der Waals surface area (Å²) in [4.78, 5) is 2.49. The number of hydrogen-bond donors (Lipinski definition) is 1. The summed E-state index contributed by atoms with van der Waals surface area (Å²) in [5.74, 6) is 1.05. The van der Waals surface area contributed by atoms with Crippen molar-refractivity contribution in [1.29, 1.82) is 0 Å². The van der Waals surface area contributed by atoms with Crippen molar-refractivity contribution >= 4 is 0 Å².